The van der Waals surface area contributed by atoms with Gasteiger partial charge in [0.15, 0.2) is 0 Å². The van der Waals surface area contributed by atoms with Crippen molar-refractivity contribution in [2.45, 2.75) is 76.3 Å². The van der Waals surface area contributed by atoms with Crippen LogP contribution in [0.1, 0.15) is 63.5 Å². The van der Waals surface area contributed by atoms with E-state index in [1.165, 1.54) is 63.5 Å². The van der Waals surface area contributed by atoms with E-state index in [-0.39, 0.29) is 5.54 Å². The van der Waals surface area contributed by atoms with Gasteiger partial charge in [-0.15, -0.1) is 0 Å². The summed E-state index contributed by atoms with van der Waals surface area (Å²) in [6, 6.07) is 1.96. The molecular formula is C18H26N2O. The second kappa shape index (κ2) is 4.27. The number of hydrogen-bond donors (Lipinski definition) is 0. The first-order valence-corrected chi connectivity index (χ1v) is 9.06. The van der Waals surface area contributed by atoms with Crippen LogP contribution in [0.2, 0.25) is 0 Å². The third-order valence-electron chi connectivity index (χ3n) is 6.83. The van der Waals surface area contributed by atoms with Crippen molar-refractivity contribution >= 4 is 0 Å². The van der Waals surface area contributed by atoms with Crippen LogP contribution in [0.25, 0.3) is 0 Å². The molecule has 0 radical (unpaired) electrons. The molecule has 1 aliphatic heterocycles. The monoisotopic (exact) mass is 286 g/mol. The molecule has 0 unspecified atom stereocenters. The summed E-state index contributed by atoms with van der Waals surface area (Å²) in [5.74, 6) is 2.71. The SMILES string of the molecule is O=c1cc2n(n1C13CC4CC(CC(C4)C1)C3)CCCCC2. The Morgan fingerprint density at radius 3 is 2.29 bits per heavy atom. The normalized spacial score (nSPS) is 41.0. The van der Waals surface area contributed by atoms with Crippen LogP contribution in [0.4, 0.5) is 0 Å². The Kier molecular flexibility index (Phi) is 2.55. The summed E-state index contributed by atoms with van der Waals surface area (Å²) < 4.78 is 4.67. The molecule has 5 aliphatic rings. The summed E-state index contributed by atoms with van der Waals surface area (Å²) in [6.07, 6.45) is 13.1. The van der Waals surface area contributed by atoms with Gasteiger partial charge in [0.1, 0.15) is 0 Å². The minimum Gasteiger partial charge on any atom is -0.286 e. The Balaban J connectivity index is 1.64. The van der Waals surface area contributed by atoms with Crippen molar-refractivity contribution in [2.24, 2.45) is 17.8 Å². The molecule has 0 spiro atoms. The fourth-order valence-electron chi connectivity index (χ4n) is 6.53. The standard InChI is InChI=1S/C18H26N2O/c21-17-9-16-4-2-1-3-5-19(16)20(17)18-10-13-6-14(11-18)8-15(7-13)12-18/h9,13-15H,1-8,10-12H2. The molecule has 0 atom stereocenters. The van der Waals surface area contributed by atoms with E-state index in [1.54, 1.807) is 0 Å². The van der Waals surface area contributed by atoms with E-state index in [9.17, 15) is 4.79 Å². The molecule has 3 heteroatoms. The van der Waals surface area contributed by atoms with E-state index in [2.05, 4.69) is 9.36 Å². The van der Waals surface area contributed by atoms with Gasteiger partial charge >= 0.3 is 0 Å². The zero-order chi connectivity index (χ0) is 14.0. The molecule has 0 saturated heterocycles. The summed E-state index contributed by atoms with van der Waals surface area (Å²) in [4.78, 5) is 12.8. The molecule has 4 saturated carbocycles. The van der Waals surface area contributed by atoms with E-state index < -0.39 is 0 Å². The first-order chi connectivity index (χ1) is 10.2. The second-order valence-electron chi connectivity index (χ2n) is 8.36. The summed E-state index contributed by atoms with van der Waals surface area (Å²) in [6.45, 7) is 1.07. The van der Waals surface area contributed by atoms with Crippen LogP contribution < -0.4 is 5.56 Å². The molecule has 1 aromatic rings. The van der Waals surface area contributed by atoms with Crippen molar-refractivity contribution in [1.29, 1.82) is 0 Å². The van der Waals surface area contributed by atoms with Gasteiger partial charge in [-0.1, -0.05) is 6.42 Å². The predicted octanol–water partition coefficient (Wildman–Crippen LogP) is 3.30. The Morgan fingerprint density at radius 2 is 1.62 bits per heavy atom. The Morgan fingerprint density at radius 1 is 0.952 bits per heavy atom. The number of aromatic nitrogens is 2. The van der Waals surface area contributed by atoms with E-state index >= 15 is 0 Å². The van der Waals surface area contributed by atoms with E-state index in [0.717, 1.165) is 30.7 Å². The highest BCUT2D eigenvalue weighted by molar-refractivity contribution is 5.11. The van der Waals surface area contributed by atoms with Crippen molar-refractivity contribution in [3.05, 3.63) is 22.1 Å². The molecule has 6 rings (SSSR count). The van der Waals surface area contributed by atoms with Gasteiger partial charge in [-0.05, 0) is 75.5 Å². The maximum absolute atomic E-state index is 12.8. The molecule has 4 fully saturated rings. The molecule has 1 aromatic heterocycles. The lowest BCUT2D eigenvalue weighted by molar-refractivity contribution is -0.0576. The zero-order valence-electron chi connectivity index (χ0n) is 12.9. The van der Waals surface area contributed by atoms with Crippen molar-refractivity contribution in [1.82, 2.24) is 9.36 Å². The number of rotatable bonds is 1. The van der Waals surface area contributed by atoms with E-state index in [1.807, 2.05) is 6.07 Å². The molecule has 3 nitrogen and oxygen atoms in total. The quantitative estimate of drug-likeness (QED) is 0.778. The van der Waals surface area contributed by atoms with Crippen LogP contribution in [-0.4, -0.2) is 9.36 Å². The molecule has 2 heterocycles. The van der Waals surface area contributed by atoms with Crippen LogP contribution >= 0.6 is 0 Å². The topological polar surface area (TPSA) is 26.9 Å². The lowest BCUT2D eigenvalue weighted by atomic mass is 9.53. The molecular weight excluding hydrogens is 260 g/mol. The summed E-state index contributed by atoms with van der Waals surface area (Å²) in [5.41, 5.74) is 1.80. The van der Waals surface area contributed by atoms with Gasteiger partial charge in [-0.3, -0.25) is 9.48 Å². The molecule has 0 aromatic carbocycles. The lowest BCUT2D eigenvalue weighted by Gasteiger charge is -2.57. The van der Waals surface area contributed by atoms with Gasteiger partial charge in [0.2, 0.25) is 0 Å². The molecule has 21 heavy (non-hydrogen) atoms. The van der Waals surface area contributed by atoms with Gasteiger partial charge in [0.25, 0.3) is 5.56 Å². The van der Waals surface area contributed by atoms with Crippen LogP contribution in [0.15, 0.2) is 10.9 Å². The van der Waals surface area contributed by atoms with E-state index in [4.69, 9.17) is 0 Å². The molecule has 4 bridgehead atoms. The maximum atomic E-state index is 12.8. The van der Waals surface area contributed by atoms with Crippen LogP contribution in [0.5, 0.6) is 0 Å². The second-order valence-corrected chi connectivity index (χ2v) is 8.36. The van der Waals surface area contributed by atoms with Gasteiger partial charge in [0, 0.05) is 18.3 Å². The van der Waals surface area contributed by atoms with Crippen molar-refractivity contribution < 1.29 is 0 Å². The number of hydrogen-bond acceptors (Lipinski definition) is 1. The Labute approximate surface area is 126 Å². The van der Waals surface area contributed by atoms with Gasteiger partial charge < -0.3 is 0 Å². The Hall–Kier alpha value is -0.990. The zero-order valence-corrected chi connectivity index (χ0v) is 12.9. The number of nitrogens with zero attached hydrogens (tertiary/aromatic N) is 2. The average Bonchev–Trinajstić information content (AvgIpc) is 2.59. The largest absolute Gasteiger partial charge is 0.286 e. The highest BCUT2D eigenvalue weighted by Crippen LogP contribution is 2.58. The van der Waals surface area contributed by atoms with Crippen molar-refractivity contribution in [2.75, 3.05) is 0 Å². The third-order valence-corrected chi connectivity index (χ3v) is 6.83. The van der Waals surface area contributed by atoms with Crippen molar-refractivity contribution in [3.8, 4) is 0 Å². The predicted molar refractivity (Wildman–Crippen MR) is 82.4 cm³/mol. The number of fused-ring (bicyclic) bond motifs is 1. The average molecular weight is 286 g/mol. The van der Waals surface area contributed by atoms with Crippen LogP contribution in [-0.2, 0) is 18.5 Å². The summed E-state index contributed by atoms with van der Waals surface area (Å²) >= 11 is 0. The summed E-state index contributed by atoms with van der Waals surface area (Å²) in [7, 11) is 0. The fourth-order valence-corrected chi connectivity index (χ4v) is 6.53. The number of aryl methyl sites for hydroxylation is 1. The minimum atomic E-state index is 0.189. The highest BCUT2D eigenvalue weighted by atomic mass is 16.1. The fraction of sp³-hybridized carbons (Fsp3) is 0.833. The third kappa shape index (κ3) is 1.75. The van der Waals surface area contributed by atoms with Crippen LogP contribution in [0.3, 0.4) is 0 Å². The first-order valence-electron chi connectivity index (χ1n) is 9.06. The highest BCUT2D eigenvalue weighted by Gasteiger charge is 2.53. The van der Waals surface area contributed by atoms with Gasteiger partial charge in [-0.2, -0.15) is 0 Å². The molecule has 0 amide bonds. The van der Waals surface area contributed by atoms with Gasteiger partial charge in [0.05, 0.1) is 5.54 Å². The molecule has 4 aliphatic carbocycles. The molecule has 0 N–H and O–H groups in total. The first kappa shape index (κ1) is 12.5. The van der Waals surface area contributed by atoms with Crippen molar-refractivity contribution in [3.63, 3.8) is 0 Å². The minimum absolute atomic E-state index is 0.189. The smallest absolute Gasteiger partial charge is 0.267 e. The van der Waals surface area contributed by atoms with Crippen LogP contribution in [0, 0.1) is 17.8 Å². The lowest BCUT2D eigenvalue weighted by Crippen LogP contribution is -2.55. The van der Waals surface area contributed by atoms with Gasteiger partial charge in [-0.25, -0.2) is 4.68 Å². The maximum Gasteiger partial charge on any atom is 0.267 e. The Bertz CT molecular complexity index is 588. The summed E-state index contributed by atoms with van der Waals surface area (Å²) in [5, 5.41) is 0. The van der Waals surface area contributed by atoms with E-state index in [0.29, 0.717) is 5.56 Å². The molecule has 114 valence electrons.